The van der Waals surface area contributed by atoms with E-state index >= 15 is 0 Å². The lowest BCUT2D eigenvalue weighted by Crippen LogP contribution is -2.28. The van der Waals surface area contributed by atoms with Crippen LogP contribution in [0.5, 0.6) is 0 Å². The van der Waals surface area contributed by atoms with Crippen LogP contribution in [-0.4, -0.2) is 107 Å². The van der Waals surface area contributed by atoms with Crippen LogP contribution in [0, 0.1) is 0 Å². The van der Waals surface area contributed by atoms with Gasteiger partial charge in [0, 0.05) is 60.9 Å². The van der Waals surface area contributed by atoms with Gasteiger partial charge in [-0.1, -0.05) is 43.9 Å². The quantitative estimate of drug-likeness (QED) is 0.0689. The molecule has 6 aromatic heterocycles. The minimum Gasteiger partial charge on any atom is -0.477 e. The molecule has 0 bridgehead atoms. The van der Waals surface area contributed by atoms with Crippen molar-refractivity contribution in [2.75, 3.05) is 41.7 Å². The summed E-state index contributed by atoms with van der Waals surface area (Å²) in [6, 6.07) is 7.48. The Morgan fingerprint density at radius 3 is 1.34 bits per heavy atom. The molecule has 6 aromatic rings. The number of halogens is 8. The number of hydrogen-bond donors (Lipinski definition) is 2. The van der Waals surface area contributed by atoms with Gasteiger partial charge in [0.1, 0.15) is 22.8 Å². The van der Waals surface area contributed by atoms with E-state index in [0.717, 1.165) is 11.4 Å². The minimum absolute atomic E-state index is 0. The average Bonchev–Trinajstić information content (AvgIpc) is 4.04. The van der Waals surface area contributed by atoms with Crippen LogP contribution in [0.2, 0.25) is 0 Å². The summed E-state index contributed by atoms with van der Waals surface area (Å²) in [5, 5.41) is 11.7. The Bertz CT molecular complexity index is 2190. The van der Waals surface area contributed by atoms with E-state index in [2.05, 4.69) is 142 Å². The molecule has 18 nitrogen and oxygen atoms in total. The van der Waals surface area contributed by atoms with Gasteiger partial charge in [-0.15, -0.1) is 23.2 Å². The number of alkyl halides is 3. The zero-order valence-electron chi connectivity index (χ0n) is 35.6. The van der Waals surface area contributed by atoms with Crippen molar-refractivity contribution in [2.45, 2.75) is 21.3 Å². The van der Waals surface area contributed by atoms with Gasteiger partial charge in [-0.05, 0) is 109 Å². The number of nitrogens with zero attached hydrogens (tertiary/aromatic N) is 11. The van der Waals surface area contributed by atoms with Gasteiger partial charge in [0.05, 0.1) is 54.8 Å². The molecule has 0 radical (unpaired) electrons. The lowest BCUT2D eigenvalue weighted by Gasteiger charge is -2.16. The molecule has 0 aliphatic carbocycles. The summed E-state index contributed by atoms with van der Waals surface area (Å²) in [4.78, 5) is 71.1. The molecule has 0 aliphatic rings. The molecule has 1 amide bonds. The number of carboxylic acid groups (broad SMARTS) is 1. The summed E-state index contributed by atoms with van der Waals surface area (Å²) in [6.45, 7) is 4.00. The fourth-order valence-electron chi connectivity index (χ4n) is 3.77. The van der Waals surface area contributed by atoms with Crippen LogP contribution in [0.1, 0.15) is 63.2 Å². The van der Waals surface area contributed by atoms with E-state index in [4.69, 9.17) is 28.3 Å². The van der Waals surface area contributed by atoms with Gasteiger partial charge in [0.2, 0.25) is 4.69 Å². The molecule has 6 rings (SSSR count). The molecule has 6 heterocycles. The monoisotopic (exact) mass is 1360 g/mol. The number of hydrogen-bond acceptors (Lipinski definition) is 12. The number of aromatic carboxylic acids is 1. The molecule has 0 atom stereocenters. The standard InChI is InChI=1S/C11H11BrN4O.C6H7BrN2O2.C6H8N2.C5H4Br2N2O.C5H5BrN2O2.C2H6.CH2Cl2.CH3I.CH4/c1-15(8-4-3-5-13-6-8)10(17)9-7-14-11(12)16(9)2;1-9-4(5(10)11-2)3-8-6(9)7;1-7-6-3-2-4-8-5-6;1-9-3(4(6)10)2-8-5(9)7;1-8-3(4(9)10)2-7-5(8)6;1-2;2-1-3;1-2;/h3-7H,1-2H3;3H,1-2H3;2-5,7H,1H3;2H,1H3;2H,1H3,(H,9,10);1-2H3;1H2;1H3;1H4. The normalized spacial score (nSPS) is 9.03. The summed E-state index contributed by atoms with van der Waals surface area (Å²) < 4.78 is 13.1. The lowest BCUT2D eigenvalue weighted by atomic mass is 10.3. The van der Waals surface area contributed by atoms with E-state index in [1.807, 2.05) is 44.0 Å². The van der Waals surface area contributed by atoms with E-state index < -0.39 is 5.97 Å². The smallest absolute Gasteiger partial charge is 0.356 e. The van der Waals surface area contributed by atoms with Crippen molar-refractivity contribution >= 4 is 159 Å². The summed E-state index contributed by atoms with van der Waals surface area (Å²) in [6.07, 6.45) is 12.6. The summed E-state index contributed by atoms with van der Waals surface area (Å²) >= 11 is 27.2. The number of pyridine rings is 2. The van der Waals surface area contributed by atoms with Gasteiger partial charge >= 0.3 is 11.9 Å². The molecule has 0 saturated heterocycles. The number of carboxylic acids is 1. The van der Waals surface area contributed by atoms with Gasteiger partial charge < -0.3 is 38.3 Å². The Morgan fingerprint density at radius 1 is 0.719 bits per heavy atom. The molecule has 354 valence electrons. The van der Waals surface area contributed by atoms with Crippen LogP contribution >= 0.6 is 125 Å². The van der Waals surface area contributed by atoms with Gasteiger partial charge in [0.25, 0.3) is 5.91 Å². The zero-order chi connectivity index (χ0) is 48.8. The number of nitrogens with one attached hydrogen (secondary N) is 1. The molecule has 64 heavy (non-hydrogen) atoms. The van der Waals surface area contributed by atoms with E-state index in [1.165, 1.54) is 35.2 Å². The lowest BCUT2D eigenvalue weighted by molar-refractivity contribution is 0.0588. The number of carbonyl (C=O) groups excluding carboxylic acids is 3. The number of imidazole rings is 4. The highest BCUT2D eigenvalue weighted by Crippen LogP contribution is 2.16. The highest BCUT2D eigenvalue weighted by atomic mass is 127. The van der Waals surface area contributed by atoms with E-state index in [0.29, 0.717) is 36.0 Å². The molecule has 2 N–H and O–H groups in total. The van der Waals surface area contributed by atoms with Gasteiger partial charge in [-0.25, -0.2) is 29.5 Å². The first-order valence-corrected chi connectivity index (χ1v) is 24.5. The Balaban J connectivity index is -0.000000713. The highest BCUT2D eigenvalue weighted by molar-refractivity contribution is 14.1. The zero-order valence-corrected chi connectivity index (χ0v) is 47.2. The largest absolute Gasteiger partial charge is 0.477 e. The number of esters is 1. The van der Waals surface area contributed by atoms with Crippen molar-refractivity contribution in [1.82, 2.24) is 48.2 Å². The summed E-state index contributed by atoms with van der Waals surface area (Å²) in [5.74, 6) is -1.48. The second kappa shape index (κ2) is 36.9. The Kier molecular flexibility index (Phi) is 37.5. The van der Waals surface area contributed by atoms with Crippen molar-refractivity contribution in [3.63, 3.8) is 0 Å². The third-order valence-corrected chi connectivity index (χ3v) is 10.4. The number of anilines is 2. The van der Waals surface area contributed by atoms with Gasteiger partial charge in [-0.3, -0.25) is 19.6 Å². The first kappa shape index (κ1) is 65.0. The maximum absolute atomic E-state index is 12.2. The Labute approximate surface area is 439 Å². The predicted molar refractivity (Wildman–Crippen MR) is 281 cm³/mol. The van der Waals surface area contributed by atoms with Crippen LogP contribution in [0.25, 0.3) is 0 Å². The molecular weight excluding hydrogens is 1320 g/mol. The fraction of sp³-hybridized carbons (Fsp3) is 0.316. The number of methoxy groups -OCH3 is 1. The maximum Gasteiger partial charge on any atom is 0.356 e. The molecule has 0 fully saturated rings. The third kappa shape index (κ3) is 22.8. The van der Waals surface area contributed by atoms with E-state index in [9.17, 15) is 19.2 Å². The number of amides is 1. The van der Waals surface area contributed by atoms with E-state index in [-0.39, 0.29) is 35.0 Å². The topological polar surface area (TPSA) is 210 Å². The Morgan fingerprint density at radius 2 is 1.09 bits per heavy atom. The maximum atomic E-state index is 12.2. The first-order valence-electron chi connectivity index (χ1n) is 17.3. The minimum atomic E-state index is -0.972. The fourth-order valence-corrected chi connectivity index (χ4v) is 5.32. The van der Waals surface area contributed by atoms with Crippen LogP contribution in [0.3, 0.4) is 0 Å². The van der Waals surface area contributed by atoms with Crippen molar-refractivity contribution in [3.8, 4) is 0 Å². The number of rotatable bonds is 6. The first-order chi connectivity index (χ1) is 29.9. The van der Waals surface area contributed by atoms with Crippen LogP contribution in [0.4, 0.5) is 11.4 Å². The number of aromatic nitrogens is 10. The molecule has 0 unspecified atom stereocenters. The number of ether oxygens (including phenoxy) is 1. The molecule has 0 aliphatic heterocycles. The average molecular weight is 1370 g/mol. The predicted octanol–water partition coefficient (Wildman–Crippen LogP) is 10.7. The van der Waals surface area contributed by atoms with Crippen LogP contribution in [0.15, 0.2) is 92.8 Å². The molecule has 0 aromatic carbocycles. The van der Waals surface area contributed by atoms with Crippen molar-refractivity contribution in [2.24, 2.45) is 28.2 Å². The van der Waals surface area contributed by atoms with Gasteiger partial charge in [0.15, 0.2) is 18.9 Å². The van der Waals surface area contributed by atoms with Crippen molar-refractivity contribution < 1.29 is 29.0 Å². The van der Waals surface area contributed by atoms with Crippen molar-refractivity contribution in [1.29, 1.82) is 0 Å². The second-order valence-corrected chi connectivity index (χ2v) is 15.0. The second-order valence-electron chi connectivity index (χ2n) is 10.6. The van der Waals surface area contributed by atoms with E-state index in [1.54, 1.807) is 86.0 Å². The molecule has 0 spiro atoms. The SMILES string of the molecule is C.CC.CI.CN(C(=O)c1cnc(Br)n1C)c1cccnc1.CNc1cccnc1.COC(=O)c1cnc(Br)n1C.ClCCl.Cn1c(C(=O)Br)cnc1Br.Cn1c(C(=O)O)cnc1Br. The van der Waals surface area contributed by atoms with Crippen LogP contribution in [-0.2, 0) is 32.9 Å². The molecule has 0 saturated carbocycles. The highest BCUT2D eigenvalue weighted by Gasteiger charge is 2.18. The van der Waals surface area contributed by atoms with Crippen molar-refractivity contribution in [3.05, 3.63) is 116 Å². The molecular formula is C38H50Br5Cl2IN12O6. The number of carbonyl (C=O) groups is 4. The van der Waals surface area contributed by atoms with Crippen LogP contribution < -0.4 is 10.2 Å². The third-order valence-electron chi connectivity index (χ3n) is 7.05. The Hall–Kier alpha value is -3.27. The van der Waals surface area contributed by atoms with Gasteiger partial charge in [-0.2, -0.15) is 0 Å². The summed E-state index contributed by atoms with van der Waals surface area (Å²) in [7, 11) is 11.8. The molecule has 26 heteroatoms. The summed E-state index contributed by atoms with van der Waals surface area (Å²) in [5.41, 5.74) is 3.45.